The van der Waals surface area contributed by atoms with Gasteiger partial charge in [0.2, 0.25) is 0 Å². The SMILES string of the molecule is CCNC(=NCc1cccc(C(=O)NC)c1)NCC(C)(O)c1ccc(C)o1. The predicted octanol–water partition coefficient (Wildman–Crippen LogP) is 1.91. The zero-order chi connectivity index (χ0) is 19.9. The van der Waals surface area contributed by atoms with Crippen molar-refractivity contribution in [3.63, 3.8) is 0 Å². The first-order valence-corrected chi connectivity index (χ1v) is 8.98. The van der Waals surface area contributed by atoms with Crippen LogP contribution in [0, 0.1) is 6.92 Å². The Bertz CT molecular complexity index is 796. The molecule has 0 aliphatic carbocycles. The summed E-state index contributed by atoms with van der Waals surface area (Å²) in [4.78, 5) is 16.3. The number of carbonyl (C=O) groups excluding carboxylic acids is 1. The first-order valence-electron chi connectivity index (χ1n) is 8.98. The van der Waals surface area contributed by atoms with E-state index in [9.17, 15) is 9.90 Å². The fourth-order valence-corrected chi connectivity index (χ4v) is 2.53. The standard InChI is InChI=1S/C20H28N4O3/c1-5-22-19(24-13-20(3,26)17-10-9-14(2)27-17)23-12-15-7-6-8-16(11-15)18(25)21-4/h6-11,26H,5,12-13H2,1-4H3,(H,21,25)(H2,22,23,24). The maximum absolute atomic E-state index is 11.7. The predicted molar refractivity (Wildman–Crippen MR) is 106 cm³/mol. The summed E-state index contributed by atoms with van der Waals surface area (Å²) in [6.07, 6.45) is 0. The summed E-state index contributed by atoms with van der Waals surface area (Å²) < 4.78 is 5.53. The highest BCUT2D eigenvalue weighted by Crippen LogP contribution is 2.21. The van der Waals surface area contributed by atoms with E-state index in [0.29, 0.717) is 30.4 Å². The molecule has 0 aliphatic rings. The van der Waals surface area contributed by atoms with Crippen molar-refractivity contribution in [1.82, 2.24) is 16.0 Å². The molecule has 1 atom stereocenters. The van der Waals surface area contributed by atoms with Crippen LogP contribution in [0.4, 0.5) is 0 Å². The summed E-state index contributed by atoms with van der Waals surface area (Å²) in [5.74, 6) is 1.70. The van der Waals surface area contributed by atoms with Crippen molar-refractivity contribution in [2.24, 2.45) is 4.99 Å². The molecule has 1 unspecified atom stereocenters. The maximum atomic E-state index is 11.7. The van der Waals surface area contributed by atoms with Crippen LogP contribution >= 0.6 is 0 Å². The lowest BCUT2D eigenvalue weighted by Gasteiger charge is -2.22. The molecule has 0 aliphatic heterocycles. The summed E-state index contributed by atoms with van der Waals surface area (Å²) in [6, 6.07) is 10.9. The molecule has 7 heteroatoms. The molecule has 2 aromatic rings. The molecule has 0 fully saturated rings. The Morgan fingerprint density at radius 1 is 1.26 bits per heavy atom. The van der Waals surface area contributed by atoms with Gasteiger partial charge in [0, 0.05) is 19.2 Å². The van der Waals surface area contributed by atoms with Crippen molar-refractivity contribution < 1.29 is 14.3 Å². The first-order chi connectivity index (χ1) is 12.9. The van der Waals surface area contributed by atoms with Gasteiger partial charge in [-0.2, -0.15) is 0 Å². The minimum Gasteiger partial charge on any atom is -0.463 e. The molecule has 0 bridgehead atoms. The average molecular weight is 372 g/mol. The molecule has 4 N–H and O–H groups in total. The van der Waals surface area contributed by atoms with E-state index in [1.807, 2.05) is 38.1 Å². The van der Waals surface area contributed by atoms with Gasteiger partial charge in [0.25, 0.3) is 5.91 Å². The topological polar surface area (TPSA) is 98.9 Å². The minimum atomic E-state index is -1.16. The van der Waals surface area contributed by atoms with Gasteiger partial charge in [0.05, 0.1) is 13.1 Å². The summed E-state index contributed by atoms with van der Waals surface area (Å²) in [6.45, 7) is 6.83. The number of nitrogens with zero attached hydrogens (tertiary/aromatic N) is 1. The first kappa shape index (κ1) is 20.5. The van der Waals surface area contributed by atoms with Crippen LogP contribution in [0.3, 0.4) is 0 Å². The Morgan fingerprint density at radius 3 is 2.67 bits per heavy atom. The van der Waals surface area contributed by atoms with Crippen molar-refractivity contribution in [1.29, 1.82) is 0 Å². The molecule has 146 valence electrons. The van der Waals surface area contributed by atoms with E-state index < -0.39 is 5.60 Å². The lowest BCUT2D eigenvalue weighted by molar-refractivity contribution is 0.0378. The van der Waals surface area contributed by atoms with Crippen LogP contribution in [-0.4, -0.2) is 37.1 Å². The monoisotopic (exact) mass is 372 g/mol. The number of furan rings is 1. The van der Waals surface area contributed by atoms with E-state index in [1.165, 1.54) is 0 Å². The minimum absolute atomic E-state index is 0.129. The molecule has 1 aromatic carbocycles. The number of hydrogen-bond acceptors (Lipinski definition) is 4. The molecule has 0 saturated carbocycles. The van der Waals surface area contributed by atoms with Crippen LogP contribution in [0.25, 0.3) is 0 Å². The molecule has 0 radical (unpaired) electrons. The van der Waals surface area contributed by atoms with Crippen molar-refractivity contribution >= 4 is 11.9 Å². The fourth-order valence-electron chi connectivity index (χ4n) is 2.53. The van der Waals surface area contributed by atoms with Gasteiger partial charge in [-0.05, 0) is 50.6 Å². The Labute approximate surface area is 159 Å². The van der Waals surface area contributed by atoms with Crippen LogP contribution in [0.2, 0.25) is 0 Å². The molecule has 1 amide bonds. The zero-order valence-corrected chi connectivity index (χ0v) is 16.3. The van der Waals surface area contributed by atoms with Crippen molar-refractivity contribution in [3.05, 3.63) is 59.0 Å². The number of carbonyl (C=O) groups is 1. The van der Waals surface area contributed by atoms with Gasteiger partial charge >= 0.3 is 0 Å². The Balaban J connectivity index is 2.05. The number of guanidine groups is 1. The van der Waals surface area contributed by atoms with E-state index in [0.717, 1.165) is 11.3 Å². The fraction of sp³-hybridized carbons (Fsp3) is 0.400. The Kier molecular flexibility index (Phi) is 7.01. The highest BCUT2D eigenvalue weighted by Gasteiger charge is 2.27. The third-order valence-electron chi connectivity index (χ3n) is 4.05. The van der Waals surface area contributed by atoms with E-state index in [-0.39, 0.29) is 12.5 Å². The molecule has 0 spiro atoms. The molecule has 7 nitrogen and oxygen atoms in total. The van der Waals surface area contributed by atoms with E-state index >= 15 is 0 Å². The van der Waals surface area contributed by atoms with Gasteiger partial charge in [-0.1, -0.05) is 12.1 Å². The Morgan fingerprint density at radius 2 is 2.04 bits per heavy atom. The van der Waals surface area contributed by atoms with Crippen LogP contribution in [0.15, 0.2) is 45.8 Å². The highest BCUT2D eigenvalue weighted by atomic mass is 16.4. The average Bonchev–Trinajstić information content (AvgIpc) is 3.11. The second kappa shape index (κ2) is 9.23. The van der Waals surface area contributed by atoms with Gasteiger partial charge in [0.1, 0.15) is 17.1 Å². The Hall–Kier alpha value is -2.80. The molecular formula is C20H28N4O3. The number of hydrogen-bond donors (Lipinski definition) is 4. The second-order valence-electron chi connectivity index (χ2n) is 6.51. The molecule has 27 heavy (non-hydrogen) atoms. The summed E-state index contributed by atoms with van der Waals surface area (Å²) in [5, 5.41) is 19.5. The maximum Gasteiger partial charge on any atom is 0.251 e. The molecule has 1 aromatic heterocycles. The van der Waals surface area contributed by atoms with Crippen molar-refractivity contribution in [2.75, 3.05) is 20.1 Å². The van der Waals surface area contributed by atoms with E-state index in [1.54, 1.807) is 26.1 Å². The summed E-state index contributed by atoms with van der Waals surface area (Å²) in [5.41, 5.74) is 0.352. The quantitative estimate of drug-likeness (QED) is 0.440. The smallest absolute Gasteiger partial charge is 0.251 e. The van der Waals surface area contributed by atoms with Crippen LogP contribution < -0.4 is 16.0 Å². The summed E-state index contributed by atoms with van der Waals surface area (Å²) >= 11 is 0. The lowest BCUT2D eigenvalue weighted by Crippen LogP contribution is -2.44. The number of nitrogens with one attached hydrogen (secondary N) is 3. The van der Waals surface area contributed by atoms with Crippen LogP contribution in [0.1, 0.15) is 41.3 Å². The van der Waals surface area contributed by atoms with E-state index in [4.69, 9.17) is 4.42 Å². The van der Waals surface area contributed by atoms with Gasteiger partial charge in [-0.15, -0.1) is 0 Å². The molecular weight excluding hydrogens is 344 g/mol. The molecule has 1 heterocycles. The van der Waals surface area contributed by atoms with Gasteiger partial charge in [-0.25, -0.2) is 4.99 Å². The number of aliphatic imine (C=N–C) groups is 1. The zero-order valence-electron chi connectivity index (χ0n) is 16.3. The van der Waals surface area contributed by atoms with Crippen molar-refractivity contribution in [2.45, 2.75) is 32.9 Å². The normalized spacial score (nSPS) is 13.7. The highest BCUT2D eigenvalue weighted by molar-refractivity contribution is 5.94. The second-order valence-corrected chi connectivity index (χ2v) is 6.51. The van der Waals surface area contributed by atoms with Crippen LogP contribution in [-0.2, 0) is 12.1 Å². The molecule has 2 rings (SSSR count). The van der Waals surface area contributed by atoms with Gasteiger partial charge in [-0.3, -0.25) is 4.79 Å². The van der Waals surface area contributed by atoms with Gasteiger partial charge in [0.15, 0.2) is 5.96 Å². The number of aliphatic hydroxyl groups is 1. The molecule has 0 saturated heterocycles. The van der Waals surface area contributed by atoms with Crippen molar-refractivity contribution in [3.8, 4) is 0 Å². The lowest BCUT2D eigenvalue weighted by atomic mass is 10.0. The number of amides is 1. The number of aryl methyl sites for hydroxylation is 1. The number of benzene rings is 1. The van der Waals surface area contributed by atoms with E-state index in [2.05, 4.69) is 20.9 Å². The third kappa shape index (κ3) is 5.86. The van der Waals surface area contributed by atoms with Crippen LogP contribution in [0.5, 0.6) is 0 Å². The van der Waals surface area contributed by atoms with Gasteiger partial charge < -0.3 is 25.5 Å². The number of rotatable bonds is 7. The largest absolute Gasteiger partial charge is 0.463 e. The summed E-state index contributed by atoms with van der Waals surface area (Å²) in [7, 11) is 1.60. The third-order valence-corrected chi connectivity index (χ3v) is 4.05.